The second-order valence-corrected chi connectivity index (χ2v) is 11.0. The number of methoxy groups -OCH3 is 1. The first-order valence-electron chi connectivity index (χ1n) is 11.6. The number of nitrogens with zero attached hydrogens (tertiary/aromatic N) is 1. The maximum atomic E-state index is 12.9. The molecule has 4 rings (SSSR count). The lowest BCUT2D eigenvalue weighted by Crippen LogP contribution is -2.40. The van der Waals surface area contributed by atoms with Crippen LogP contribution < -0.4 is 14.8 Å². The van der Waals surface area contributed by atoms with Crippen LogP contribution >= 0.6 is 15.9 Å². The van der Waals surface area contributed by atoms with Gasteiger partial charge in [0.25, 0.3) is 0 Å². The van der Waals surface area contributed by atoms with Crippen LogP contribution in [0.15, 0.2) is 82.2 Å². The molecule has 194 valence electrons. The average molecular weight is 587 g/mol. The third-order valence-corrected chi connectivity index (χ3v) is 8.07. The molecule has 1 fully saturated rings. The van der Waals surface area contributed by atoms with Gasteiger partial charge in [-0.2, -0.15) is 4.31 Å². The Hall–Kier alpha value is -3.18. The van der Waals surface area contributed by atoms with Crippen LogP contribution in [0.4, 0.5) is 5.69 Å². The molecule has 0 aromatic heterocycles. The SMILES string of the molecule is COc1ccc(C=CC(=O)Nc2cccc(S(=O)(=O)N3CCOCC3)c2)cc1COc1ccc(Br)cc1. The normalized spacial score (nSPS) is 14.4. The van der Waals surface area contributed by atoms with Crippen molar-refractivity contribution in [3.05, 3.63) is 88.4 Å². The van der Waals surface area contributed by atoms with E-state index in [1.165, 1.54) is 22.5 Å². The van der Waals surface area contributed by atoms with Gasteiger partial charge in [-0.05, 0) is 66.2 Å². The topological polar surface area (TPSA) is 94.2 Å². The third kappa shape index (κ3) is 7.20. The first-order chi connectivity index (χ1) is 17.8. The van der Waals surface area contributed by atoms with Crippen LogP contribution in [0.3, 0.4) is 0 Å². The summed E-state index contributed by atoms with van der Waals surface area (Å²) in [6.07, 6.45) is 3.07. The molecule has 0 spiro atoms. The minimum Gasteiger partial charge on any atom is -0.496 e. The Morgan fingerprint density at radius 1 is 1.08 bits per heavy atom. The monoisotopic (exact) mass is 586 g/mol. The molecule has 1 heterocycles. The van der Waals surface area contributed by atoms with Crippen LogP contribution in [-0.4, -0.2) is 52.0 Å². The standard InChI is InChI=1S/C27H27BrN2O6S/c1-34-26-11-5-20(17-21(26)19-36-24-9-7-22(28)8-10-24)6-12-27(31)29-23-3-2-4-25(18-23)37(32,33)30-13-15-35-16-14-30/h2-12,17-18H,13-16,19H2,1H3,(H,29,31). The van der Waals surface area contributed by atoms with Crippen molar-refractivity contribution in [3.63, 3.8) is 0 Å². The zero-order valence-corrected chi connectivity index (χ0v) is 22.6. The van der Waals surface area contributed by atoms with E-state index in [1.807, 2.05) is 42.5 Å². The molecule has 1 aliphatic heterocycles. The van der Waals surface area contributed by atoms with Gasteiger partial charge >= 0.3 is 0 Å². The van der Waals surface area contributed by atoms with Crippen molar-refractivity contribution in [3.8, 4) is 11.5 Å². The molecule has 0 atom stereocenters. The van der Waals surface area contributed by atoms with Gasteiger partial charge in [-0.3, -0.25) is 4.79 Å². The number of anilines is 1. The predicted octanol–water partition coefficient (Wildman–Crippen LogP) is 4.71. The largest absolute Gasteiger partial charge is 0.496 e. The van der Waals surface area contributed by atoms with Gasteiger partial charge in [-0.1, -0.05) is 28.1 Å². The molecule has 10 heteroatoms. The minimum absolute atomic E-state index is 0.127. The van der Waals surface area contributed by atoms with Crippen molar-refractivity contribution in [2.75, 3.05) is 38.7 Å². The molecule has 0 saturated carbocycles. The Morgan fingerprint density at radius 3 is 2.57 bits per heavy atom. The van der Waals surface area contributed by atoms with Crippen LogP contribution in [0, 0.1) is 0 Å². The van der Waals surface area contributed by atoms with Crippen molar-refractivity contribution in [1.29, 1.82) is 0 Å². The van der Waals surface area contributed by atoms with E-state index in [0.717, 1.165) is 21.3 Å². The number of carbonyl (C=O) groups is 1. The Bertz CT molecular complexity index is 1370. The second kappa shape index (κ2) is 12.4. The van der Waals surface area contributed by atoms with E-state index < -0.39 is 10.0 Å². The fourth-order valence-corrected chi connectivity index (χ4v) is 5.45. The van der Waals surface area contributed by atoms with Gasteiger partial charge in [0.1, 0.15) is 18.1 Å². The minimum atomic E-state index is -3.66. The summed E-state index contributed by atoms with van der Waals surface area (Å²) < 4.78 is 44.7. The van der Waals surface area contributed by atoms with Crippen LogP contribution in [0.1, 0.15) is 11.1 Å². The Morgan fingerprint density at radius 2 is 1.84 bits per heavy atom. The van der Waals surface area contributed by atoms with E-state index in [4.69, 9.17) is 14.2 Å². The molecule has 1 amide bonds. The van der Waals surface area contributed by atoms with Crippen LogP contribution in [0.5, 0.6) is 11.5 Å². The predicted molar refractivity (Wildman–Crippen MR) is 145 cm³/mol. The van der Waals surface area contributed by atoms with Crippen molar-refractivity contribution in [2.45, 2.75) is 11.5 Å². The van der Waals surface area contributed by atoms with Gasteiger partial charge < -0.3 is 19.5 Å². The van der Waals surface area contributed by atoms with Gasteiger partial charge in [-0.25, -0.2) is 8.42 Å². The zero-order valence-electron chi connectivity index (χ0n) is 20.2. The molecule has 0 radical (unpaired) electrons. The molecule has 8 nitrogen and oxygen atoms in total. The van der Waals surface area contributed by atoms with Gasteiger partial charge in [0, 0.05) is 34.9 Å². The maximum Gasteiger partial charge on any atom is 0.248 e. The molecule has 0 bridgehead atoms. The van der Waals surface area contributed by atoms with Crippen molar-refractivity contribution >= 4 is 43.6 Å². The summed E-state index contributed by atoms with van der Waals surface area (Å²) in [5.41, 5.74) is 2.00. The van der Waals surface area contributed by atoms with Crippen molar-refractivity contribution in [1.82, 2.24) is 4.31 Å². The third-order valence-electron chi connectivity index (χ3n) is 5.65. The number of sulfonamides is 1. The van der Waals surface area contributed by atoms with Crippen molar-refractivity contribution < 1.29 is 27.4 Å². The fourth-order valence-electron chi connectivity index (χ4n) is 3.73. The van der Waals surface area contributed by atoms with E-state index in [0.29, 0.717) is 44.3 Å². The molecule has 1 N–H and O–H groups in total. The maximum absolute atomic E-state index is 12.9. The highest BCUT2D eigenvalue weighted by molar-refractivity contribution is 9.10. The van der Waals surface area contributed by atoms with Gasteiger partial charge in [0.05, 0.1) is 25.2 Å². The van der Waals surface area contributed by atoms with Crippen LogP contribution in [0.2, 0.25) is 0 Å². The van der Waals surface area contributed by atoms with E-state index in [2.05, 4.69) is 21.2 Å². The molecular weight excluding hydrogens is 560 g/mol. The van der Waals surface area contributed by atoms with Crippen molar-refractivity contribution in [2.24, 2.45) is 0 Å². The average Bonchev–Trinajstić information content (AvgIpc) is 2.92. The zero-order chi connectivity index (χ0) is 26.3. The highest BCUT2D eigenvalue weighted by Crippen LogP contribution is 2.24. The molecule has 0 aliphatic carbocycles. The summed E-state index contributed by atoms with van der Waals surface area (Å²) in [4.78, 5) is 12.7. The number of morpholine rings is 1. The number of hydrogen-bond acceptors (Lipinski definition) is 6. The number of hydrogen-bond donors (Lipinski definition) is 1. The Balaban J connectivity index is 1.41. The van der Waals surface area contributed by atoms with Crippen LogP contribution in [0.25, 0.3) is 6.08 Å². The summed E-state index contributed by atoms with van der Waals surface area (Å²) >= 11 is 3.40. The van der Waals surface area contributed by atoms with Crippen LogP contribution in [-0.2, 0) is 26.2 Å². The molecular formula is C27H27BrN2O6S. The molecule has 1 saturated heterocycles. The lowest BCUT2D eigenvalue weighted by atomic mass is 10.1. The number of rotatable bonds is 9. The first-order valence-corrected chi connectivity index (χ1v) is 13.8. The summed E-state index contributed by atoms with van der Waals surface area (Å²) in [5.74, 6) is 1.02. The van der Waals surface area contributed by atoms with E-state index >= 15 is 0 Å². The smallest absolute Gasteiger partial charge is 0.248 e. The lowest BCUT2D eigenvalue weighted by Gasteiger charge is -2.26. The number of amides is 1. The molecule has 0 unspecified atom stereocenters. The quantitative estimate of drug-likeness (QED) is 0.365. The number of halogens is 1. The van der Waals surface area contributed by atoms with Gasteiger partial charge in [0.2, 0.25) is 15.9 Å². The molecule has 1 aliphatic rings. The Kier molecular flexibility index (Phi) is 8.99. The lowest BCUT2D eigenvalue weighted by molar-refractivity contribution is -0.111. The van der Waals surface area contributed by atoms with Gasteiger partial charge in [-0.15, -0.1) is 0 Å². The second-order valence-electron chi connectivity index (χ2n) is 8.18. The summed E-state index contributed by atoms with van der Waals surface area (Å²) in [6.45, 7) is 1.64. The Labute approximate surface area is 225 Å². The number of carbonyl (C=O) groups excluding carboxylic acids is 1. The first kappa shape index (κ1) is 26.9. The van der Waals surface area contributed by atoms with E-state index in [9.17, 15) is 13.2 Å². The van der Waals surface area contributed by atoms with E-state index in [1.54, 1.807) is 25.3 Å². The van der Waals surface area contributed by atoms with Gasteiger partial charge in [0.15, 0.2) is 0 Å². The number of benzene rings is 3. The fraction of sp³-hybridized carbons (Fsp3) is 0.222. The highest BCUT2D eigenvalue weighted by atomic mass is 79.9. The summed E-state index contributed by atoms with van der Waals surface area (Å²) in [5, 5.41) is 2.73. The molecule has 3 aromatic rings. The highest BCUT2D eigenvalue weighted by Gasteiger charge is 2.26. The number of nitrogens with one attached hydrogen (secondary N) is 1. The molecule has 37 heavy (non-hydrogen) atoms. The summed E-state index contributed by atoms with van der Waals surface area (Å²) in [6, 6.07) is 19.3. The molecule has 3 aromatic carbocycles. The number of ether oxygens (including phenoxy) is 3. The van der Waals surface area contributed by atoms with E-state index in [-0.39, 0.29) is 10.8 Å². The summed E-state index contributed by atoms with van der Waals surface area (Å²) in [7, 11) is -2.06.